The van der Waals surface area contributed by atoms with Crippen molar-refractivity contribution in [3.63, 3.8) is 0 Å². The summed E-state index contributed by atoms with van der Waals surface area (Å²) >= 11 is 0. The van der Waals surface area contributed by atoms with Crippen LogP contribution in [0, 0.1) is 15.3 Å². The van der Waals surface area contributed by atoms with Crippen molar-refractivity contribution in [3.8, 4) is 0 Å². The molecule has 25 heavy (non-hydrogen) atoms. The van der Waals surface area contributed by atoms with Crippen LogP contribution in [0.1, 0.15) is 35.7 Å². The Labute approximate surface area is 145 Å². The van der Waals surface area contributed by atoms with Gasteiger partial charge in [-0.15, -0.1) is 0 Å². The molecule has 1 heterocycles. The molecule has 0 aliphatic carbocycles. The van der Waals surface area contributed by atoms with E-state index in [1.807, 2.05) is 0 Å². The number of amides is 1. The number of hydrogen-bond acceptors (Lipinski definition) is 5. The van der Waals surface area contributed by atoms with Gasteiger partial charge in [-0.05, 0) is 24.1 Å². The Morgan fingerprint density at radius 3 is 2.60 bits per heavy atom. The highest BCUT2D eigenvalue weighted by Gasteiger charge is 2.16. The molecule has 0 aliphatic heterocycles. The summed E-state index contributed by atoms with van der Waals surface area (Å²) in [5.74, 6) is -0.126. The van der Waals surface area contributed by atoms with E-state index in [0.29, 0.717) is 23.4 Å². The Morgan fingerprint density at radius 1 is 1.24 bits per heavy atom. The van der Waals surface area contributed by atoms with Crippen LogP contribution in [0.2, 0.25) is 0 Å². The molecule has 0 saturated heterocycles. The minimum atomic E-state index is -0.550. The number of unbranched alkanes of at least 4 members (excludes halogenated alkanes) is 1. The van der Waals surface area contributed by atoms with E-state index in [2.05, 4.69) is 17.6 Å². The summed E-state index contributed by atoms with van der Waals surface area (Å²) < 4.78 is 0.499. The summed E-state index contributed by atoms with van der Waals surface area (Å²) in [5, 5.41) is 28.0. The van der Waals surface area contributed by atoms with Crippen LogP contribution in [0.5, 0.6) is 0 Å². The lowest BCUT2D eigenvalue weighted by atomic mass is 10.1. The van der Waals surface area contributed by atoms with Gasteiger partial charge >= 0.3 is 5.69 Å². The second kappa shape index (κ2) is 8.62. The summed E-state index contributed by atoms with van der Waals surface area (Å²) in [7, 11) is 0. The van der Waals surface area contributed by atoms with Crippen LogP contribution >= 0.6 is 0 Å². The number of benzene rings is 1. The lowest BCUT2D eigenvalue weighted by Gasteiger charge is -2.08. The van der Waals surface area contributed by atoms with E-state index in [0.717, 1.165) is 36.9 Å². The molecule has 1 amide bonds. The molecule has 0 atom stereocenters. The fourth-order valence-electron chi connectivity index (χ4n) is 2.22. The number of hydrogen-bond donors (Lipinski definition) is 2. The van der Waals surface area contributed by atoms with Crippen molar-refractivity contribution in [1.29, 1.82) is 0 Å². The minimum Gasteiger partial charge on any atom is -0.619 e. The van der Waals surface area contributed by atoms with Gasteiger partial charge in [0.15, 0.2) is 11.9 Å². The van der Waals surface area contributed by atoms with E-state index in [1.165, 1.54) is 0 Å². The van der Waals surface area contributed by atoms with Crippen LogP contribution in [0.25, 0.3) is 0 Å². The van der Waals surface area contributed by atoms with E-state index in [-0.39, 0.29) is 17.3 Å². The van der Waals surface area contributed by atoms with Gasteiger partial charge < -0.3 is 15.8 Å². The predicted octanol–water partition coefficient (Wildman–Crippen LogP) is 2.37. The van der Waals surface area contributed by atoms with Crippen LogP contribution in [0.15, 0.2) is 42.7 Å². The third-order valence-corrected chi connectivity index (χ3v) is 3.62. The number of pyridine rings is 1. The first-order valence-electron chi connectivity index (χ1n) is 7.99. The first-order valence-corrected chi connectivity index (χ1v) is 7.99. The SMILES string of the molecule is CCCCNC(=O)c1ccc(CNc2c[n+]([O-])ccc2[N+](=O)[O-])cc1. The lowest BCUT2D eigenvalue weighted by Crippen LogP contribution is -2.25. The minimum absolute atomic E-state index is 0.126. The molecular formula is C17H20N4O4. The second-order valence-electron chi connectivity index (χ2n) is 5.52. The second-order valence-corrected chi connectivity index (χ2v) is 5.52. The maximum atomic E-state index is 11.9. The highest BCUT2D eigenvalue weighted by Crippen LogP contribution is 2.22. The van der Waals surface area contributed by atoms with Crippen molar-refractivity contribution in [1.82, 2.24) is 5.32 Å². The molecule has 0 aliphatic rings. The molecule has 0 radical (unpaired) electrons. The van der Waals surface area contributed by atoms with Gasteiger partial charge in [0.2, 0.25) is 6.20 Å². The quantitative estimate of drug-likeness (QED) is 0.251. The molecule has 1 aromatic heterocycles. The Balaban J connectivity index is 1.99. The number of nitrogens with zero attached hydrogens (tertiary/aromatic N) is 2. The third-order valence-electron chi connectivity index (χ3n) is 3.62. The number of carbonyl (C=O) groups is 1. The van der Waals surface area contributed by atoms with Gasteiger partial charge in [-0.1, -0.05) is 25.5 Å². The molecule has 8 heteroatoms. The highest BCUT2D eigenvalue weighted by atomic mass is 16.6. The van der Waals surface area contributed by atoms with Crippen LogP contribution in [-0.2, 0) is 6.54 Å². The zero-order chi connectivity index (χ0) is 18.2. The first-order chi connectivity index (χ1) is 12.0. The van der Waals surface area contributed by atoms with Gasteiger partial charge in [0.25, 0.3) is 5.91 Å². The largest absolute Gasteiger partial charge is 0.619 e. The number of aromatic nitrogens is 1. The molecule has 2 aromatic rings. The van der Waals surface area contributed by atoms with Crippen molar-refractivity contribution in [2.24, 2.45) is 0 Å². The summed E-state index contributed by atoms with van der Waals surface area (Å²) in [5.41, 5.74) is 1.37. The van der Waals surface area contributed by atoms with Crippen molar-refractivity contribution >= 4 is 17.3 Å². The normalized spacial score (nSPS) is 10.3. The van der Waals surface area contributed by atoms with Crippen molar-refractivity contribution in [2.45, 2.75) is 26.3 Å². The molecule has 8 nitrogen and oxygen atoms in total. The Bertz CT molecular complexity index is 747. The van der Waals surface area contributed by atoms with Gasteiger partial charge in [0.05, 0.1) is 11.0 Å². The molecule has 0 bridgehead atoms. The molecule has 1 aromatic carbocycles. The van der Waals surface area contributed by atoms with Gasteiger partial charge in [-0.3, -0.25) is 14.9 Å². The van der Waals surface area contributed by atoms with Crippen LogP contribution in [0.4, 0.5) is 11.4 Å². The van der Waals surface area contributed by atoms with Crippen LogP contribution in [0.3, 0.4) is 0 Å². The molecule has 2 N–H and O–H groups in total. The standard InChI is InChI=1S/C17H20N4O4/c1-2-3-9-18-17(22)14-6-4-13(5-7-14)11-19-15-12-20(23)10-8-16(15)21(24)25/h4-8,10,12,19H,2-3,9,11H2,1H3,(H,18,22). The zero-order valence-corrected chi connectivity index (χ0v) is 13.9. The molecule has 0 fully saturated rings. The van der Waals surface area contributed by atoms with Crippen LogP contribution < -0.4 is 15.4 Å². The summed E-state index contributed by atoms with van der Waals surface area (Å²) in [6.07, 6.45) is 4.14. The molecular weight excluding hydrogens is 324 g/mol. The predicted molar refractivity (Wildman–Crippen MR) is 93.1 cm³/mol. The van der Waals surface area contributed by atoms with Gasteiger partial charge in [0.1, 0.15) is 0 Å². The molecule has 132 valence electrons. The number of carbonyl (C=O) groups excluding carboxylic acids is 1. The Hall–Kier alpha value is -3.16. The summed E-state index contributed by atoms with van der Waals surface area (Å²) in [6, 6.07) is 8.08. The van der Waals surface area contributed by atoms with Gasteiger partial charge in [-0.25, -0.2) is 0 Å². The third kappa shape index (κ3) is 5.17. The lowest BCUT2D eigenvalue weighted by molar-refractivity contribution is -0.605. The zero-order valence-electron chi connectivity index (χ0n) is 13.9. The molecule has 2 rings (SSSR count). The smallest absolute Gasteiger partial charge is 0.304 e. The number of nitrogens with one attached hydrogen (secondary N) is 2. The monoisotopic (exact) mass is 344 g/mol. The van der Waals surface area contributed by atoms with E-state index in [1.54, 1.807) is 24.3 Å². The summed E-state index contributed by atoms with van der Waals surface area (Å²) in [6.45, 7) is 2.99. The van der Waals surface area contributed by atoms with E-state index >= 15 is 0 Å². The number of rotatable bonds is 8. The van der Waals surface area contributed by atoms with Gasteiger partial charge in [0, 0.05) is 18.7 Å². The topological polar surface area (TPSA) is 111 Å². The fraction of sp³-hybridized carbons (Fsp3) is 0.294. The van der Waals surface area contributed by atoms with Crippen LogP contribution in [-0.4, -0.2) is 17.4 Å². The Morgan fingerprint density at radius 2 is 1.96 bits per heavy atom. The molecule has 0 spiro atoms. The van der Waals surface area contributed by atoms with Gasteiger partial charge in [-0.2, -0.15) is 4.73 Å². The van der Waals surface area contributed by atoms with E-state index in [9.17, 15) is 20.1 Å². The number of anilines is 1. The summed E-state index contributed by atoms with van der Waals surface area (Å²) in [4.78, 5) is 22.4. The first kappa shape index (κ1) is 18.2. The Kier molecular flexibility index (Phi) is 6.27. The van der Waals surface area contributed by atoms with E-state index in [4.69, 9.17) is 0 Å². The maximum Gasteiger partial charge on any atom is 0.304 e. The molecule has 0 saturated carbocycles. The fourth-order valence-corrected chi connectivity index (χ4v) is 2.22. The van der Waals surface area contributed by atoms with E-state index < -0.39 is 4.92 Å². The number of nitro groups is 1. The average molecular weight is 344 g/mol. The highest BCUT2D eigenvalue weighted by molar-refractivity contribution is 5.94. The molecule has 0 unspecified atom stereocenters. The maximum absolute atomic E-state index is 11.9. The van der Waals surface area contributed by atoms with Crippen molar-refractivity contribution in [3.05, 3.63) is 69.2 Å². The van der Waals surface area contributed by atoms with Crippen molar-refractivity contribution in [2.75, 3.05) is 11.9 Å². The average Bonchev–Trinajstić information content (AvgIpc) is 2.60. The van der Waals surface area contributed by atoms with Crippen molar-refractivity contribution < 1.29 is 14.4 Å².